The lowest BCUT2D eigenvalue weighted by atomic mass is 10.2. The van der Waals surface area contributed by atoms with Crippen molar-refractivity contribution in [1.29, 1.82) is 0 Å². The van der Waals surface area contributed by atoms with Crippen molar-refractivity contribution in [2.24, 2.45) is 5.16 Å². The molecule has 104 valence electrons. The Hall–Kier alpha value is -2.95. The van der Waals surface area contributed by atoms with Gasteiger partial charge in [-0.2, -0.15) is 9.90 Å². The molecule has 0 unspecified atom stereocenters. The summed E-state index contributed by atoms with van der Waals surface area (Å²) in [4.78, 5) is 6.79. The number of nitrogens with zero attached hydrogens (tertiary/aromatic N) is 4. The van der Waals surface area contributed by atoms with Crippen molar-refractivity contribution in [3.05, 3.63) is 78.1 Å². The van der Waals surface area contributed by atoms with Gasteiger partial charge in [-0.3, -0.25) is 0 Å². The average molecular weight is 278 g/mol. The highest BCUT2D eigenvalue weighted by Crippen LogP contribution is 2.04. The molecule has 0 fully saturated rings. The van der Waals surface area contributed by atoms with Gasteiger partial charge in [0.15, 0.2) is 0 Å². The van der Waals surface area contributed by atoms with Crippen molar-refractivity contribution in [2.75, 3.05) is 0 Å². The molecule has 1 heterocycles. The smallest absolute Gasteiger partial charge is 0.142 e. The number of rotatable bonds is 5. The number of hydrogen-bond donors (Lipinski definition) is 0. The molecule has 0 spiro atoms. The van der Waals surface area contributed by atoms with Crippen LogP contribution in [-0.4, -0.2) is 21.2 Å². The summed E-state index contributed by atoms with van der Waals surface area (Å²) in [6.45, 7) is 0.435. The third-order valence-electron chi connectivity index (χ3n) is 2.83. The maximum absolute atomic E-state index is 5.23. The van der Waals surface area contributed by atoms with Crippen LogP contribution in [0.3, 0.4) is 0 Å². The first kappa shape index (κ1) is 13.1. The SMILES string of the molecule is C(=N\OCc1ccccc1)/c1cnn(-c2ccccc2)n1. The van der Waals surface area contributed by atoms with Gasteiger partial charge in [0.1, 0.15) is 12.3 Å². The summed E-state index contributed by atoms with van der Waals surface area (Å²) in [5.74, 6) is 0. The molecule has 0 saturated heterocycles. The molecular weight excluding hydrogens is 264 g/mol. The summed E-state index contributed by atoms with van der Waals surface area (Å²) < 4.78 is 0. The summed E-state index contributed by atoms with van der Waals surface area (Å²) in [5.41, 5.74) is 2.62. The van der Waals surface area contributed by atoms with E-state index in [2.05, 4.69) is 15.4 Å². The lowest BCUT2D eigenvalue weighted by molar-refractivity contribution is 0.132. The first-order chi connectivity index (χ1) is 10.4. The molecule has 0 saturated carbocycles. The fourth-order valence-corrected chi connectivity index (χ4v) is 1.80. The molecule has 0 aliphatic carbocycles. The van der Waals surface area contributed by atoms with E-state index in [1.165, 1.54) is 0 Å². The lowest BCUT2D eigenvalue weighted by Gasteiger charge is -1.98. The van der Waals surface area contributed by atoms with E-state index in [4.69, 9.17) is 4.84 Å². The molecule has 2 aromatic carbocycles. The highest BCUT2D eigenvalue weighted by molar-refractivity contribution is 5.75. The Labute approximate surface area is 122 Å². The summed E-state index contributed by atoms with van der Waals surface area (Å²) in [7, 11) is 0. The minimum atomic E-state index is 0.435. The van der Waals surface area contributed by atoms with Gasteiger partial charge in [-0.1, -0.05) is 53.7 Å². The van der Waals surface area contributed by atoms with Crippen molar-refractivity contribution >= 4 is 6.21 Å². The molecule has 0 aliphatic heterocycles. The van der Waals surface area contributed by atoms with E-state index in [-0.39, 0.29) is 0 Å². The van der Waals surface area contributed by atoms with Crippen LogP contribution in [0.4, 0.5) is 0 Å². The van der Waals surface area contributed by atoms with Crippen molar-refractivity contribution in [2.45, 2.75) is 6.61 Å². The Morgan fingerprint density at radius 1 is 1.00 bits per heavy atom. The molecule has 3 rings (SSSR count). The van der Waals surface area contributed by atoms with E-state index in [0.717, 1.165) is 11.3 Å². The predicted molar refractivity (Wildman–Crippen MR) is 80.2 cm³/mol. The van der Waals surface area contributed by atoms with Crippen LogP contribution >= 0.6 is 0 Å². The van der Waals surface area contributed by atoms with Crippen LogP contribution in [0.2, 0.25) is 0 Å². The van der Waals surface area contributed by atoms with E-state index in [0.29, 0.717) is 12.3 Å². The molecule has 5 nitrogen and oxygen atoms in total. The van der Waals surface area contributed by atoms with Gasteiger partial charge in [0.2, 0.25) is 0 Å². The molecule has 5 heteroatoms. The molecule has 1 aromatic heterocycles. The van der Waals surface area contributed by atoms with Gasteiger partial charge in [0, 0.05) is 0 Å². The largest absolute Gasteiger partial charge is 0.391 e. The summed E-state index contributed by atoms with van der Waals surface area (Å²) in [6, 6.07) is 19.6. The van der Waals surface area contributed by atoms with Gasteiger partial charge >= 0.3 is 0 Å². The standard InChI is InChI=1S/C16H14N4O/c1-3-7-14(8-4-1)13-21-18-12-15-11-17-20(19-15)16-9-5-2-6-10-16/h1-12H,13H2/b18-12+. The topological polar surface area (TPSA) is 52.3 Å². The molecule has 21 heavy (non-hydrogen) atoms. The maximum Gasteiger partial charge on any atom is 0.142 e. The minimum absolute atomic E-state index is 0.435. The number of aromatic nitrogens is 3. The van der Waals surface area contributed by atoms with Crippen LogP contribution in [0.15, 0.2) is 72.0 Å². The van der Waals surface area contributed by atoms with Crippen molar-refractivity contribution in [3.63, 3.8) is 0 Å². The molecular formula is C16H14N4O. The van der Waals surface area contributed by atoms with Gasteiger partial charge in [-0.25, -0.2) is 0 Å². The summed E-state index contributed by atoms with van der Waals surface area (Å²) in [6.07, 6.45) is 3.19. The first-order valence-corrected chi connectivity index (χ1v) is 6.59. The molecule has 0 N–H and O–H groups in total. The Kier molecular flexibility index (Phi) is 4.02. The first-order valence-electron chi connectivity index (χ1n) is 6.59. The van der Waals surface area contributed by atoms with E-state index in [1.54, 1.807) is 17.2 Å². The second-order valence-electron chi connectivity index (χ2n) is 4.39. The van der Waals surface area contributed by atoms with E-state index in [1.807, 2.05) is 60.7 Å². The fourth-order valence-electron chi connectivity index (χ4n) is 1.80. The van der Waals surface area contributed by atoms with Crippen LogP contribution in [-0.2, 0) is 11.4 Å². The summed E-state index contributed by atoms with van der Waals surface area (Å²) in [5, 5.41) is 12.4. The second kappa shape index (κ2) is 6.47. The Bertz CT molecular complexity index is 707. The van der Waals surface area contributed by atoms with Crippen LogP contribution < -0.4 is 0 Å². The Morgan fingerprint density at radius 3 is 2.48 bits per heavy atom. The van der Waals surface area contributed by atoms with Crippen LogP contribution in [0.25, 0.3) is 5.69 Å². The molecule has 3 aromatic rings. The van der Waals surface area contributed by atoms with Crippen molar-refractivity contribution < 1.29 is 4.84 Å². The third-order valence-corrected chi connectivity index (χ3v) is 2.83. The van der Waals surface area contributed by atoms with Gasteiger partial charge in [0.25, 0.3) is 0 Å². The molecule has 0 bridgehead atoms. The maximum atomic E-state index is 5.23. The zero-order valence-electron chi connectivity index (χ0n) is 11.3. The quantitative estimate of drug-likeness (QED) is 0.532. The number of benzene rings is 2. The van der Waals surface area contributed by atoms with E-state index >= 15 is 0 Å². The van der Waals surface area contributed by atoms with Gasteiger partial charge in [-0.15, -0.1) is 5.10 Å². The van der Waals surface area contributed by atoms with E-state index in [9.17, 15) is 0 Å². The average Bonchev–Trinajstić information content (AvgIpc) is 3.02. The van der Waals surface area contributed by atoms with Gasteiger partial charge < -0.3 is 4.84 Å². The second-order valence-corrected chi connectivity index (χ2v) is 4.39. The van der Waals surface area contributed by atoms with Gasteiger partial charge in [0.05, 0.1) is 18.1 Å². The van der Waals surface area contributed by atoms with Gasteiger partial charge in [-0.05, 0) is 17.7 Å². The van der Waals surface area contributed by atoms with Crippen molar-refractivity contribution in [3.8, 4) is 5.69 Å². The fraction of sp³-hybridized carbons (Fsp3) is 0.0625. The summed E-state index contributed by atoms with van der Waals surface area (Å²) >= 11 is 0. The zero-order chi connectivity index (χ0) is 14.3. The Morgan fingerprint density at radius 2 is 1.71 bits per heavy atom. The number of para-hydroxylation sites is 1. The van der Waals surface area contributed by atoms with Crippen LogP contribution in [0.5, 0.6) is 0 Å². The minimum Gasteiger partial charge on any atom is -0.391 e. The van der Waals surface area contributed by atoms with Crippen molar-refractivity contribution in [1.82, 2.24) is 15.0 Å². The van der Waals surface area contributed by atoms with Crippen LogP contribution in [0.1, 0.15) is 11.3 Å². The number of oxime groups is 1. The number of hydrogen-bond acceptors (Lipinski definition) is 4. The molecule has 0 atom stereocenters. The predicted octanol–water partition coefficient (Wildman–Crippen LogP) is 2.82. The van der Waals surface area contributed by atoms with E-state index < -0.39 is 0 Å². The monoisotopic (exact) mass is 278 g/mol. The highest BCUT2D eigenvalue weighted by atomic mass is 16.6. The molecule has 0 radical (unpaired) electrons. The van der Waals surface area contributed by atoms with Crippen LogP contribution in [0, 0.1) is 0 Å². The molecule has 0 aliphatic rings. The molecule has 0 amide bonds. The highest BCUT2D eigenvalue weighted by Gasteiger charge is 2.00. The lowest BCUT2D eigenvalue weighted by Crippen LogP contribution is -1.98. The normalized spacial score (nSPS) is 10.9. The Balaban J connectivity index is 1.58. The third kappa shape index (κ3) is 3.54. The zero-order valence-corrected chi connectivity index (χ0v) is 11.3.